The second-order valence-corrected chi connectivity index (χ2v) is 5.19. The van der Waals surface area contributed by atoms with E-state index in [2.05, 4.69) is 42.0 Å². The summed E-state index contributed by atoms with van der Waals surface area (Å²) in [5, 5.41) is 3.31. The Balaban J connectivity index is 2.72. The van der Waals surface area contributed by atoms with E-state index >= 15 is 0 Å². The lowest BCUT2D eigenvalue weighted by Crippen LogP contribution is -2.35. The van der Waals surface area contributed by atoms with Crippen LogP contribution in [0.2, 0.25) is 0 Å². The van der Waals surface area contributed by atoms with Gasteiger partial charge in [0.25, 0.3) is 0 Å². The van der Waals surface area contributed by atoms with Gasteiger partial charge in [-0.05, 0) is 44.5 Å². The van der Waals surface area contributed by atoms with E-state index in [0.717, 1.165) is 10.0 Å². The zero-order chi connectivity index (χ0) is 10.8. The fourth-order valence-corrected chi connectivity index (χ4v) is 1.43. The van der Waals surface area contributed by atoms with Crippen LogP contribution in [0.3, 0.4) is 0 Å². The molecule has 0 aliphatic heterocycles. The van der Waals surface area contributed by atoms with Crippen LogP contribution in [0.25, 0.3) is 0 Å². The Labute approximate surface area is 92.8 Å². The summed E-state index contributed by atoms with van der Waals surface area (Å²) >= 11 is 3.39. The summed E-state index contributed by atoms with van der Waals surface area (Å²) in [5.41, 5.74) is 0.992. The Kier molecular flexibility index (Phi) is 3.67. The predicted octanol–water partition coefficient (Wildman–Crippen LogP) is 3.48. The second kappa shape index (κ2) is 4.41. The minimum atomic E-state index is -0.195. The summed E-state index contributed by atoms with van der Waals surface area (Å²) in [6.07, 6.45) is 0. The molecule has 14 heavy (non-hydrogen) atoms. The first-order chi connectivity index (χ1) is 6.38. The lowest BCUT2D eigenvalue weighted by molar-refractivity contribution is 0.423. The molecule has 1 aromatic carbocycles. The standard InChI is InChI=1S/C11H15BrFN/c1-11(2,3)14-7-8-6-9(13)4-5-10(8)12/h4-6,14H,7H2,1-3H3. The molecule has 0 saturated carbocycles. The number of rotatable bonds is 2. The average Bonchev–Trinajstić information content (AvgIpc) is 2.05. The highest BCUT2D eigenvalue weighted by atomic mass is 79.9. The number of halogens is 2. The molecule has 1 rings (SSSR count). The third-order valence-electron chi connectivity index (χ3n) is 1.82. The highest BCUT2D eigenvalue weighted by molar-refractivity contribution is 9.10. The lowest BCUT2D eigenvalue weighted by atomic mass is 10.1. The van der Waals surface area contributed by atoms with Gasteiger partial charge in [-0.1, -0.05) is 15.9 Å². The highest BCUT2D eigenvalue weighted by Gasteiger charge is 2.09. The maximum Gasteiger partial charge on any atom is 0.123 e. The van der Waals surface area contributed by atoms with Crippen molar-refractivity contribution in [3.8, 4) is 0 Å². The van der Waals surface area contributed by atoms with Gasteiger partial charge in [0.15, 0.2) is 0 Å². The molecule has 0 fully saturated rings. The zero-order valence-electron chi connectivity index (χ0n) is 8.70. The van der Waals surface area contributed by atoms with Crippen LogP contribution in [0.5, 0.6) is 0 Å². The summed E-state index contributed by atoms with van der Waals surface area (Å²) in [6, 6.07) is 4.72. The van der Waals surface area contributed by atoms with Gasteiger partial charge in [-0.2, -0.15) is 0 Å². The van der Waals surface area contributed by atoms with E-state index in [1.54, 1.807) is 12.1 Å². The summed E-state index contributed by atoms with van der Waals surface area (Å²) < 4.78 is 13.9. The van der Waals surface area contributed by atoms with Gasteiger partial charge in [0, 0.05) is 16.6 Å². The van der Waals surface area contributed by atoms with Crippen LogP contribution < -0.4 is 5.32 Å². The van der Waals surface area contributed by atoms with E-state index in [1.165, 1.54) is 6.07 Å². The molecule has 1 N–H and O–H groups in total. The first-order valence-corrected chi connectivity index (χ1v) is 5.37. The largest absolute Gasteiger partial charge is 0.308 e. The van der Waals surface area contributed by atoms with Crippen molar-refractivity contribution in [2.45, 2.75) is 32.9 Å². The van der Waals surface area contributed by atoms with Gasteiger partial charge in [-0.15, -0.1) is 0 Å². The fourth-order valence-electron chi connectivity index (χ4n) is 1.04. The van der Waals surface area contributed by atoms with Crippen LogP contribution >= 0.6 is 15.9 Å². The Bertz CT molecular complexity index is 318. The summed E-state index contributed by atoms with van der Waals surface area (Å²) in [5.74, 6) is -0.195. The molecular formula is C11H15BrFN. The van der Waals surface area contributed by atoms with Gasteiger partial charge >= 0.3 is 0 Å². The molecule has 0 bridgehead atoms. The van der Waals surface area contributed by atoms with Crippen LogP contribution in [0, 0.1) is 5.82 Å². The molecule has 0 radical (unpaired) electrons. The number of hydrogen-bond donors (Lipinski definition) is 1. The van der Waals surface area contributed by atoms with Crippen molar-refractivity contribution in [1.29, 1.82) is 0 Å². The Morgan fingerprint density at radius 3 is 2.57 bits per heavy atom. The first-order valence-electron chi connectivity index (χ1n) is 4.57. The minimum absolute atomic E-state index is 0.0474. The molecule has 0 atom stereocenters. The van der Waals surface area contributed by atoms with E-state index in [0.29, 0.717) is 6.54 Å². The number of hydrogen-bond acceptors (Lipinski definition) is 1. The molecular weight excluding hydrogens is 245 g/mol. The molecule has 0 saturated heterocycles. The Hall–Kier alpha value is -0.410. The summed E-state index contributed by atoms with van der Waals surface area (Å²) in [6.45, 7) is 6.92. The molecule has 0 amide bonds. The van der Waals surface area contributed by atoms with Gasteiger partial charge in [0.05, 0.1) is 0 Å². The molecule has 78 valence electrons. The van der Waals surface area contributed by atoms with E-state index in [4.69, 9.17) is 0 Å². The third kappa shape index (κ3) is 3.76. The van der Waals surface area contributed by atoms with E-state index in [9.17, 15) is 4.39 Å². The molecule has 0 heterocycles. The molecule has 1 aromatic rings. The van der Waals surface area contributed by atoms with Crippen molar-refractivity contribution in [2.24, 2.45) is 0 Å². The van der Waals surface area contributed by atoms with E-state index in [-0.39, 0.29) is 11.4 Å². The van der Waals surface area contributed by atoms with Gasteiger partial charge in [-0.25, -0.2) is 4.39 Å². The Morgan fingerprint density at radius 2 is 2.00 bits per heavy atom. The number of nitrogens with one attached hydrogen (secondary N) is 1. The van der Waals surface area contributed by atoms with Gasteiger partial charge < -0.3 is 5.32 Å². The third-order valence-corrected chi connectivity index (χ3v) is 2.59. The fraction of sp³-hybridized carbons (Fsp3) is 0.455. The van der Waals surface area contributed by atoms with Crippen LogP contribution in [-0.2, 0) is 6.54 Å². The second-order valence-electron chi connectivity index (χ2n) is 4.34. The van der Waals surface area contributed by atoms with Crippen molar-refractivity contribution in [1.82, 2.24) is 5.32 Å². The van der Waals surface area contributed by atoms with Crippen LogP contribution in [-0.4, -0.2) is 5.54 Å². The average molecular weight is 260 g/mol. The van der Waals surface area contributed by atoms with Crippen molar-refractivity contribution >= 4 is 15.9 Å². The molecule has 0 aromatic heterocycles. The maximum atomic E-state index is 12.9. The SMILES string of the molecule is CC(C)(C)NCc1cc(F)ccc1Br. The van der Waals surface area contributed by atoms with Gasteiger partial charge in [-0.3, -0.25) is 0 Å². The molecule has 0 aliphatic carbocycles. The quantitative estimate of drug-likeness (QED) is 0.858. The van der Waals surface area contributed by atoms with E-state index < -0.39 is 0 Å². The molecule has 1 nitrogen and oxygen atoms in total. The summed E-state index contributed by atoms with van der Waals surface area (Å²) in [4.78, 5) is 0. The summed E-state index contributed by atoms with van der Waals surface area (Å²) in [7, 11) is 0. The molecule has 0 aliphatic rings. The van der Waals surface area contributed by atoms with Gasteiger partial charge in [0.2, 0.25) is 0 Å². The molecule has 0 unspecified atom stereocenters. The first kappa shape index (κ1) is 11.7. The normalized spacial score (nSPS) is 11.8. The van der Waals surface area contributed by atoms with Crippen molar-refractivity contribution in [2.75, 3.05) is 0 Å². The van der Waals surface area contributed by atoms with Crippen molar-refractivity contribution < 1.29 is 4.39 Å². The van der Waals surface area contributed by atoms with Crippen LogP contribution in [0.15, 0.2) is 22.7 Å². The van der Waals surface area contributed by atoms with Crippen molar-refractivity contribution in [3.05, 3.63) is 34.1 Å². The van der Waals surface area contributed by atoms with Crippen molar-refractivity contribution in [3.63, 3.8) is 0 Å². The van der Waals surface area contributed by atoms with Crippen LogP contribution in [0.1, 0.15) is 26.3 Å². The topological polar surface area (TPSA) is 12.0 Å². The zero-order valence-corrected chi connectivity index (χ0v) is 10.3. The van der Waals surface area contributed by atoms with E-state index in [1.807, 2.05) is 0 Å². The monoisotopic (exact) mass is 259 g/mol. The Morgan fingerprint density at radius 1 is 1.36 bits per heavy atom. The highest BCUT2D eigenvalue weighted by Crippen LogP contribution is 2.18. The minimum Gasteiger partial charge on any atom is -0.308 e. The predicted molar refractivity (Wildman–Crippen MR) is 60.7 cm³/mol. The lowest BCUT2D eigenvalue weighted by Gasteiger charge is -2.21. The molecule has 0 spiro atoms. The maximum absolute atomic E-state index is 12.9. The smallest absolute Gasteiger partial charge is 0.123 e. The van der Waals surface area contributed by atoms with Gasteiger partial charge in [0.1, 0.15) is 5.82 Å². The van der Waals surface area contributed by atoms with Crippen LogP contribution in [0.4, 0.5) is 4.39 Å². The molecule has 3 heteroatoms. The number of benzene rings is 1.